The molecule has 2 heterocycles. The van der Waals surface area contributed by atoms with Crippen molar-refractivity contribution in [3.63, 3.8) is 0 Å². The average Bonchev–Trinajstić information content (AvgIpc) is 3.07. The van der Waals surface area contributed by atoms with Crippen LogP contribution in [-0.2, 0) is 10.0 Å². The fourth-order valence-electron chi connectivity index (χ4n) is 5.05. The molecule has 2 atom stereocenters. The molecule has 2 bridgehead atoms. The van der Waals surface area contributed by atoms with Crippen molar-refractivity contribution in [3.05, 3.63) is 72.3 Å². The molecule has 5 rings (SSSR count). The number of likely N-dealkylation sites (tertiary alicyclic amines) is 1. The number of benzene rings is 3. The smallest absolute Gasteiger partial charge is 0.262 e. The molecule has 0 radical (unpaired) electrons. The van der Waals surface area contributed by atoms with Crippen LogP contribution in [0.2, 0.25) is 0 Å². The van der Waals surface area contributed by atoms with Gasteiger partial charge in [-0.3, -0.25) is 14.4 Å². The van der Waals surface area contributed by atoms with E-state index in [1.807, 2.05) is 29.2 Å². The predicted octanol–water partition coefficient (Wildman–Crippen LogP) is 3.95. The van der Waals surface area contributed by atoms with E-state index >= 15 is 0 Å². The number of likely N-dealkylation sites (N-methyl/N-ethyl adjacent to an activating group) is 1. The van der Waals surface area contributed by atoms with Crippen molar-refractivity contribution >= 4 is 32.4 Å². The van der Waals surface area contributed by atoms with E-state index in [0.29, 0.717) is 16.6 Å². The molecule has 0 aromatic heterocycles. The first kappa shape index (κ1) is 21.0. The van der Waals surface area contributed by atoms with Crippen molar-refractivity contribution in [1.82, 2.24) is 9.80 Å². The quantitative estimate of drug-likeness (QED) is 0.640. The third kappa shape index (κ3) is 3.76. The van der Waals surface area contributed by atoms with Gasteiger partial charge in [0.25, 0.3) is 15.9 Å². The number of nitrogens with one attached hydrogen (secondary N) is 1. The van der Waals surface area contributed by atoms with E-state index in [-0.39, 0.29) is 22.9 Å². The number of piperazine rings is 1. The minimum Gasteiger partial charge on any atom is -0.330 e. The lowest BCUT2D eigenvalue weighted by Crippen LogP contribution is -2.55. The van der Waals surface area contributed by atoms with Crippen molar-refractivity contribution in [2.45, 2.75) is 36.7 Å². The second-order valence-electron chi connectivity index (χ2n) is 8.61. The Morgan fingerprint density at radius 3 is 2.28 bits per heavy atom. The molecule has 2 aliphatic rings. The number of carbonyl (C=O) groups is 1. The van der Waals surface area contributed by atoms with Crippen LogP contribution in [0, 0.1) is 0 Å². The van der Waals surface area contributed by atoms with Gasteiger partial charge < -0.3 is 4.90 Å². The van der Waals surface area contributed by atoms with Crippen LogP contribution >= 0.6 is 0 Å². The summed E-state index contributed by atoms with van der Waals surface area (Å²) >= 11 is 0. The van der Waals surface area contributed by atoms with Gasteiger partial charge in [0.15, 0.2) is 0 Å². The minimum absolute atomic E-state index is 0.0386. The van der Waals surface area contributed by atoms with Gasteiger partial charge in [0.2, 0.25) is 0 Å². The number of hydrogen-bond acceptors (Lipinski definition) is 4. The molecule has 2 fully saturated rings. The number of carbonyl (C=O) groups excluding carboxylic acids is 1. The monoisotopic (exact) mass is 449 g/mol. The maximum Gasteiger partial charge on any atom is 0.262 e. The SMILES string of the molecule is CCN1CC2CCC(C1)N2C(=O)c1ccc(NS(=O)(=O)c2cccc3ccccc23)cc1. The lowest BCUT2D eigenvalue weighted by Gasteiger charge is -2.40. The van der Waals surface area contributed by atoms with Gasteiger partial charge in [-0.05, 0) is 55.1 Å². The molecule has 3 aromatic rings. The third-order valence-electron chi connectivity index (χ3n) is 6.66. The van der Waals surface area contributed by atoms with Crippen LogP contribution in [0.3, 0.4) is 0 Å². The highest BCUT2D eigenvalue weighted by atomic mass is 32.2. The van der Waals surface area contributed by atoms with Crippen molar-refractivity contribution in [2.24, 2.45) is 0 Å². The van der Waals surface area contributed by atoms with Gasteiger partial charge >= 0.3 is 0 Å². The lowest BCUT2D eigenvalue weighted by atomic mass is 10.1. The Hall–Kier alpha value is -2.90. The Balaban J connectivity index is 1.34. The number of rotatable bonds is 5. The van der Waals surface area contributed by atoms with E-state index in [9.17, 15) is 13.2 Å². The van der Waals surface area contributed by atoms with Crippen LogP contribution in [0.5, 0.6) is 0 Å². The summed E-state index contributed by atoms with van der Waals surface area (Å²) in [5, 5.41) is 1.55. The molecule has 7 heteroatoms. The van der Waals surface area contributed by atoms with Crippen molar-refractivity contribution < 1.29 is 13.2 Å². The Kier molecular flexibility index (Phi) is 5.39. The molecule has 0 spiro atoms. The second kappa shape index (κ2) is 8.22. The zero-order valence-corrected chi connectivity index (χ0v) is 18.9. The summed E-state index contributed by atoms with van der Waals surface area (Å²) in [6, 6.07) is 20.0. The third-order valence-corrected chi connectivity index (χ3v) is 8.10. The first-order valence-electron chi connectivity index (χ1n) is 11.1. The summed E-state index contributed by atoms with van der Waals surface area (Å²) in [4.78, 5) is 17.9. The van der Waals surface area contributed by atoms with Gasteiger partial charge in [0.05, 0.1) is 4.90 Å². The van der Waals surface area contributed by atoms with Crippen molar-refractivity contribution in [2.75, 3.05) is 24.4 Å². The van der Waals surface area contributed by atoms with Gasteiger partial charge in [0.1, 0.15) is 0 Å². The number of hydrogen-bond donors (Lipinski definition) is 1. The molecule has 2 aliphatic heterocycles. The van der Waals surface area contributed by atoms with E-state index in [1.165, 1.54) is 0 Å². The van der Waals surface area contributed by atoms with E-state index < -0.39 is 10.0 Å². The molecule has 6 nitrogen and oxygen atoms in total. The van der Waals surface area contributed by atoms with Gasteiger partial charge in [-0.25, -0.2) is 8.42 Å². The number of amides is 1. The predicted molar refractivity (Wildman–Crippen MR) is 126 cm³/mol. The van der Waals surface area contributed by atoms with Gasteiger partial charge in [0, 0.05) is 41.8 Å². The van der Waals surface area contributed by atoms with Crippen LogP contribution in [0.4, 0.5) is 5.69 Å². The van der Waals surface area contributed by atoms with E-state index in [2.05, 4.69) is 16.5 Å². The summed E-state index contributed by atoms with van der Waals surface area (Å²) in [6.07, 6.45) is 2.10. The molecular weight excluding hydrogens is 422 g/mol. The first-order chi connectivity index (χ1) is 15.5. The second-order valence-corrected chi connectivity index (χ2v) is 10.3. The average molecular weight is 450 g/mol. The maximum atomic E-state index is 13.2. The Morgan fingerprint density at radius 1 is 0.938 bits per heavy atom. The topological polar surface area (TPSA) is 69.7 Å². The number of fused-ring (bicyclic) bond motifs is 3. The zero-order chi connectivity index (χ0) is 22.3. The fourth-order valence-corrected chi connectivity index (χ4v) is 6.34. The van der Waals surface area contributed by atoms with Crippen LogP contribution in [0.25, 0.3) is 10.8 Å². The highest BCUT2D eigenvalue weighted by molar-refractivity contribution is 7.93. The van der Waals surface area contributed by atoms with E-state index in [0.717, 1.165) is 37.9 Å². The molecule has 166 valence electrons. The number of anilines is 1. The van der Waals surface area contributed by atoms with Crippen LogP contribution in [0.1, 0.15) is 30.1 Å². The highest BCUT2D eigenvalue weighted by Gasteiger charge is 2.42. The van der Waals surface area contributed by atoms with Crippen LogP contribution in [0.15, 0.2) is 71.6 Å². The standard InChI is InChI=1S/C25H27N3O3S/c1-2-27-16-21-14-15-22(17-27)28(21)25(29)19-10-12-20(13-11-19)26-32(30,31)24-9-5-7-18-6-3-4-8-23(18)24/h3-13,21-22,26H,2,14-17H2,1H3. The summed E-state index contributed by atoms with van der Waals surface area (Å²) in [6.45, 7) is 5.04. The van der Waals surface area contributed by atoms with Crippen molar-refractivity contribution in [3.8, 4) is 0 Å². The minimum atomic E-state index is -3.76. The molecule has 1 amide bonds. The normalized spacial score (nSPS) is 21.1. The van der Waals surface area contributed by atoms with Crippen LogP contribution < -0.4 is 4.72 Å². The van der Waals surface area contributed by atoms with E-state index in [4.69, 9.17) is 0 Å². The summed E-state index contributed by atoms with van der Waals surface area (Å²) in [5.74, 6) is 0.0386. The number of nitrogens with zero attached hydrogens (tertiary/aromatic N) is 2. The molecule has 3 aromatic carbocycles. The zero-order valence-electron chi connectivity index (χ0n) is 18.1. The summed E-state index contributed by atoms with van der Waals surface area (Å²) in [7, 11) is -3.76. The number of sulfonamides is 1. The van der Waals surface area contributed by atoms with Gasteiger partial charge in [-0.15, -0.1) is 0 Å². The maximum absolute atomic E-state index is 13.2. The molecular formula is C25H27N3O3S. The van der Waals surface area contributed by atoms with E-state index in [1.54, 1.807) is 42.5 Å². The highest BCUT2D eigenvalue weighted by Crippen LogP contribution is 2.32. The molecule has 0 saturated carbocycles. The lowest BCUT2D eigenvalue weighted by molar-refractivity contribution is 0.0433. The molecule has 32 heavy (non-hydrogen) atoms. The molecule has 0 aliphatic carbocycles. The molecule has 1 N–H and O–H groups in total. The molecule has 2 unspecified atom stereocenters. The van der Waals surface area contributed by atoms with Crippen LogP contribution in [-0.4, -0.2) is 55.8 Å². The largest absolute Gasteiger partial charge is 0.330 e. The Labute approximate surface area is 188 Å². The Bertz CT molecular complexity index is 1240. The summed E-state index contributed by atoms with van der Waals surface area (Å²) < 4.78 is 28.7. The fraction of sp³-hybridized carbons (Fsp3) is 0.320. The van der Waals surface area contributed by atoms with Gasteiger partial charge in [-0.2, -0.15) is 0 Å². The molecule has 2 saturated heterocycles. The van der Waals surface area contributed by atoms with Crippen molar-refractivity contribution in [1.29, 1.82) is 0 Å². The van der Waals surface area contributed by atoms with Gasteiger partial charge in [-0.1, -0.05) is 43.3 Å². The first-order valence-corrected chi connectivity index (χ1v) is 12.6. The summed E-state index contributed by atoms with van der Waals surface area (Å²) in [5.41, 5.74) is 1.04. The Morgan fingerprint density at radius 2 is 1.59 bits per heavy atom.